The second kappa shape index (κ2) is 5.02. The van der Waals surface area contributed by atoms with Crippen molar-refractivity contribution in [2.24, 2.45) is 11.7 Å². The van der Waals surface area contributed by atoms with Crippen LogP contribution in [0.3, 0.4) is 0 Å². The van der Waals surface area contributed by atoms with E-state index < -0.39 is 5.92 Å². The molecule has 0 aromatic carbocycles. The van der Waals surface area contributed by atoms with Crippen LogP contribution in [0.15, 0.2) is 11.6 Å². The number of nitrogens with two attached hydrogens (primary N) is 1. The Labute approximate surface area is 91.5 Å². The number of nitrogens with zero attached hydrogens (tertiary/aromatic N) is 1. The van der Waals surface area contributed by atoms with Crippen molar-refractivity contribution in [3.8, 4) is 0 Å². The lowest BCUT2D eigenvalue weighted by molar-refractivity contribution is -0.122. The maximum atomic E-state index is 11.4. The van der Waals surface area contributed by atoms with Gasteiger partial charge in [0, 0.05) is 11.6 Å². The van der Waals surface area contributed by atoms with Gasteiger partial charge in [0.05, 0.1) is 17.5 Å². The molecule has 0 radical (unpaired) electrons. The number of carbonyl (C=O) groups excluding carboxylic acids is 1. The first-order valence-corrected chi connectivity index (χ1v) is 5.35. The minimum Gasteiger partial charge on any atom is -0.393 e. The molecular weight excluding hydrogens is 218 g/mol. The zero-order chi connectivity index (χ0) is 10.6. The van der Waals surface area contributed by atoms with E-state index in [2.05, 4.69) is 10.3 Å². The molecule has 76 valence electrons. The molecule has 14 heavy (non-hydrogen) atoms. The first-order valence-electron chi connectivity index (χ1n) is 4.06. The van der Waals surface area contributed by atoms with Crippen LogP contribution in [-0.2, 0) is 11.3 Å². The van der Waals surface area contributed by atoms with Crippen molar-refractivity contribution in [3.63, 3.8) is 0 Å². The van der Waals surface area contributed by atoms with Gasteiger partial charge in [-0.05, 0) is 6.92 Å². The second-order valence-corrected chi connectivity index (χ2v) is 4.22. The average molecular weight is 229 g/mol. The van der Waals surface area contributed by atoms with E-state index in [-0.39, 0.29) is 10.9 Å². The molecule has 0 aliphatic heterocycles. The zero-order valence-electron chi connectivity index (χ0n) is 7.69. The Balaban J connectivity index is 2.39. The molecule has 4 nitrogen and oxygen atoms in total. The highest BCUT2D eigenvalue weighted by Crippen LogP contribution is 2.03. The lowest BCUT2D eigenvalue weighted by Crippen LogP contribution is -2.35. The van der Waals surface area contributed by atoms with E-state index in [1.54, 1.807) is 13.1 Å². The third-order valence-corrected chi connectivity index (χ3v) is 2.85. The molecule has 0 spiro atoms. The van der Waals surface area contributed by atoms with Gasteiger partial charge < -0.3 is 11.1 Å². The zero-order valence-corrected chi connectivity index (χ0v) is 9.32. The van der Waals surface area contributed by atoms with E-state index in [1.165, 1.54) is 11.3 Å². The normalized spacial score (nSPS) is 12.1. The van der Waals surface area contributed by atoms with Crippen molar-refractivity contribution in [2.45, 2.75) is 13.5 Å². The van der Waals surface area contributed by atoms with E-state index in [1.807, 2.05) is 5.38 Å². The molecule has 3 N–H and O–H groups in total. The molecule has 1 rings (SSSR count). The fourth-order valence-electron chi connectivity index (χ4n) is 0.785. The maximum Gasteiger partial charge on any atom is 0.229 e. The van der Waals surface area contributed by atoms with Gasteiger partial charge in [-0.2, -0.15) is 0 Å². The van der Waals surface area contributed by atoms with Gasteiger partial charge in [-0.1, -0.05) is 12.2 Å². The highest BCUT2D eigenvalue weighted by atomic mass is 32.1. The largest absolute Gasteiger partial charge is 0.393 e. The van der Waals surface area contributed by atoms with Crippen molar-refractivity contribution in [1.29, 1.82) is 0 Å². The fourth-order valence-corrected chi connectivity index (χ4v) is 1.45. The topological polar surface area (TPSA) is 68.0 Å². The summed E-state index contributed by atoms with van der Waals surface area (Å²) in [6.45, 7) is 2.11. The van der Waals surface area contributed by atoms with Crippen LogP contribution in [0.25, 0.3) is 0 Å². The molecule has 1 amide bonds. The van der Waals surface area contributed by atoms with E-state index in [0.29, 0.717) is 6.54 Å². The molecule has 1 atom stereocenters. The van der Waals surface area contributed by atoms with Crippen LogP contribution in [0.1, 0.15) is 11.9 Å². The predicted octanol–water partition coefficient (Wildman–Crippen LogP) is 0.681. The number of carbonyl (C=O) groups is 1. The number of nitrogens with one attached hydrogen (secondary N) is 1. The Hall–Kier alpha value is -1.01. The van der Waals surface area contributed by atoms with E-state index in [4.69, 9.17) is 18.0 Å². The minimum atomic E-state index is -0.426. The molecule has 1 aromatic heterocycles. The van der Waals surface area contributed by atoms with Crippen molar-refractivity contribution >= 4 is 34.5 Å². The number of rotatable bonds is 4. The quantitative estimate of drug-likeness (QED) is 0.745. The summed E-state index contributed by atoms with van der Waals surface area (Å²) in [7, 11) is 0. The Kier molecular flexibility index (Phi) is 3.97. The van der Waals surface area contributed by atoms with Gasteiger partial charge in [0.1, 0.15) is 5.01 Å². The first-order chi connectivity index (χ1) is 6.61. The van der Waals surface area contributed by atoms with Crippen LogP contribution < -0.4 is 11.1 Å². The van der Waals surface area contributed by atoms with Crippen molar-refractivity contribution < 1.29 is 4.79 Å². The smallest absolute Gasteiger partial charge is 0.229 e. The van der Waals surface area contributed by atoms with Crippen LogP contribution in [0, 0.1) is 5.92 Å². The number of thiocarbonyl (C=S) groups is 1. The first kappa shape index (κ1) is 11.1. The van der Waals surface area contributed by atoms with E-state index in [9.17, 15) is 4.79 Å². The SMILES string of the molecule is CC(C(=O)NCc1nccs1)C(N)=S. The van der Waals surface area contributed by atoms with Gasteiger partial charge in [0.2, 0.25) is 5.91 Å². The molecule has 0 aliphatic rings. The van der Waals surface area contributed by atoms with E-state index >= 15 is 0 Å². The minimum absolute atomic E-state index is 0.160. The molecular formula is C8H11N3OS2. The summed E-state index contributed by atoms with van der Waals surface area (Å²) >= 11 is 6.21. The van der Waals surface area contributed by atoms with Gasteiger partial charge in [-0.25, -0.2) is 4.98 Å². The van der Waals surface area contributed by atoms with Gasteiger partial charge in [-0.3, -0.25) is 4.79 Å². The number of amides is 1. The Morgan fingerprint density at radius 2 is 2.57 bits per heavy atom. The summed E-state index contributed by atoms with van der Waals surface area (Å²) in [6, 6.07) is 0. The van der Waals surface area contributed by atoms with Crippen molar-refractivity contribution in [3.05, 3.63) is 16.6 Å². The van der Waals surface area contributed by atoms with Crippen LogP contribution in [0.4, 0.5) is 0 Å². The lowest BCUT2D eigenvalue weighted by atomic mass is 10.2. The average Bonchev–Trinajstić information content (AvgIpc) is 2.65. The number of hydrogen-bond acceptors (Lipinski definition) is 4. The molecule has 0 fully saturated rings. The highest BCUT2D eigenvalue weighted by Gasteiger charge is 2.14. The lowest BCUT2D eigenvalue weighted by Gasteiger charge is -2.08. The molecule has 1 aromatic rings. The van der Waals surface area contributed by atoms with Gasteiger partial charge >= 0.3 is 0 Å². The van der Waals surface area contributed by atoms with Gasteiger partial charge in [0.25, 0.3) is 0 Å². The van der Waals surface area contributed by atoms with Crippen LogP contribution in [-0.4, -0.2) is 15.9 Å². The summed E-state index contributed by atoms with van der Waals surface area (Å²) in [6.07, 6.45) is 1.70. The molecule has 1 unspecified atom stereocenters. The summed E-state index contributed by atoms with van der Waals surface area (Å²) < 4.78 is 0. The molecule has 1 heterocycles. The Bertz CT molecular complexity index is 323. The van der Waals surface area contributed by atoms with Crippen molar-refractivity contribution in [2.75, 3.05) is 0 Å². The summed E-state index contributed by atoms with van der Waals surface area (Å²) in [5.41, 5.74) is 5.34. The third kappa shape index (κ3) is 3.04. The number of aromatic nitrogens is 1. The van der Waals surface area contributed by atoms with Crippen molar-refractivity contribution in [1.82, 2.24) is 10.3 Å². The summed E-state index contributed by atoms with van der Waals surface area (Å²) in [5.74, 6) is -0.585. The number of hydrogen-bond donors (Lipinski definition) is 2. The Morgan fingerprint density at radius 1 is 1.86 bits per heavy atom. The summed E-state index contributed by atoms with van der Waals surface area (Å²) in [4.78, 5) is 15.6. The standard InChI is InChI=1S/C8H11N3OS2/c1-5(7(9)13)8(12)11-4-6-10-2-3-14-6/h2-3,5H,4H2,1H3,(H2,9,13)(H,11,12). The van der Waals surface area contributed by atoms with Crippen LogP contribution in [0.5, 0.6) is 0 Å². The van der Waals surface area contributed by atoms with Gasteiger partial charge in [0.15, 0.2) is 0 Å². The Morgan fingerprint density at radius 3 is 3.07 bits per heavy atom. The molecule has 0 saturated heterocycles. The third-order valence-electron chi connectivity index (χ3n) is 1.72. The molecule has 0 aliphatic carbocycles. The number of thiazole rings is 1. The fraction of sp³-hybridized carbons (Fsp3) is 0.375. The molecule has 0 bridgehead atoms. The summed E-state index contributed by atoms with van der Waals surface area (Å²) in [5, 5.41) is 5.44. The van der Waals surface area contributed by atoms with Gasteiger partial charge in [-0.15, -0.1) is 11.3 Å². The highest BCUT2D eigenvalue weighted by molar-refractivity contribution is 7.80. The van der Waals surface area contributed by atoms with Crippen LogP contribution >= 0.6 is 23.6 Å². The second-order valence-electron chi connectivity index (χ2n) is 2.77. The monoisotopic (exact) mass is 229 g/mol. The van der Waals surface area contributed by atoms with E-state index in [0.717, 1.165) is 5.01 Å². The predicted molar refractivity (Wildman–Crippen MR) is 59.9 cm³/mol. The molecule has 6 heteroatoms. The van der Waals surface area contributed by atoms with Crippen LogP contribution in [0.2, 0.25) is 0 Å². The molecule has 0 saturated carbocycles. The maximum absolute atomic E-state index is 11.4.